The molecule has 0 aliphatic carbocycles. The number of amides is 1. The minimum Gasteiger partial charge on any atom is -0.444 e. The van der Waals surface area contributed by atoms with Gasteiger partial charge in [0.15, 0.2) is 0 Å². The largest absolute Gasteiger partial charge is 0.444 e. The smallest absolute Gasteiger partial charge is 0.412 e. The summed E-state index contributed by atoms with van der Waals surface area (Å²) in [5.41, 5.74) is 1.04. The van der Waals surface area contributed by atoms with Crippen LogP contribution in [0.3, 0.4) is 0 Å². The van der Waals surface area contributed by atoms with Crippen LogP contribution in [0.4, 0.5) is 4.79 Å². The Hall–Kier alpha value is -2.19. The average Bonchev–Trinajstić information content (AvgIpc) is 3.12. The summed E-state index contributed by atoms with van der Waals surface area (Å²) in [4.78, 5) is 15.5. The van der Waals surface area contributed by atoms with Crippen LogP contribution in [0, 0.1) is 5.41 Å². The van der Waals surface area contributed by atoms with Gasteiger partial charge >= 0.3 is 6.09 Å². The molecule has 0 bridgehead atoms. The Labute approximate surface area is 250 Å². The number of hydrogen-bond acceptors (Lipinski definition) is 5. The molecule has 2 aromatic rings. The fourth-order valence-electron chi connectivity index (χ4n) is 5.56. The monoisotopic (exact) mass is 582 g/mol. The van der Waals surface area contributed by atoms with E-state index in [1.165, 1.54) is 5.56 Å². The second kappa shape index (κ2) is 14.3. The molecule has 7 heteroatoms. The SMILES string of the molecule is C[Si](CC(C)(C)C)OC(CCCOCc1ccccc1)[C@H]1OC(C)(C)N(C(=O)OC(C)(C)C)[C@@H]1Cc1ccccc1. The summed E-state index contributed by atoms with van der Waals surface area (Å²) in [6.07, 6.45) is 1.46. The van der Waals surface area contributed by atoms with Crippen molar-refractivity contribution in [3.05, 3.63) is 71.8 Å². The van der Waals surface area contributed by atoms with Crippen LogP contribution in [-0.2, 0) is 31.7 Å². The highest BCUT2D eigenvalue weighted by atomic mass is 28.3. The van der Waals surface area contributed by atoms with Gasteiger partial charge in [-0.3, -0.25) is 4.90 Å². The van der Waals surface area contributed by atoms with E-state index in [-0.39, 0.29) is 29.8 Å². The third-order valence-corrected chi connectivity index (χ3v) is 9.24. The second-order valence-corrected chi connectivity index (χ2v) is 15.9. The van der Waals surface area contributed by atoms with E-state index in [4.69, 9.17) is 18.6 Å². The van der Waals surface area contributed by atoms with E-state index < -0.39 is 20.4 Å². The highest BCUT2D eigenvalue weighted by Gasteiger charge is 2.53. The van der Waals surface area contributed by atoms with Crippen LogP contribution >= 0.6 is 0 Å². The van der Waals surface area contributed by atoms with Gasteiger partial charge < -0.3 is 18.6 Å². The Kier molecular flexibility index (Phi) is 11.6. The van der Waals surface area contributed by atoms with Crippen molar-refractivity contribution in [2.75, 3.05) is 6.61 Å². The highest BCUT2D eigenvalue weighted by molar-refractivity contribution is 6.50. The standard InChI is InChI=1S/C34H52NO5Si/c1-32(2,3)25-41(9)40-29(21-16-22-37-24-27-19-14-11-15-20-27)30-28(23-26-17-12-10-13-18-26)35(34(7,8)38-30)31(36)39-33(4,5)6/h10-15,17-20,28-30H,16,21-25H2,1-9H3/t28-,29?,30+/m1/s1. The quantitative estimate of drug-likeness (QED) is 0.187. The maximum atomic E-state index is 13.7. The van der Waals surface area contributed by atoms with Crippen molar-refractivity contribution >= 4 is 15.1 Å². The molecule has 0 aromatic heterocycles. The lowest BCUT2D eigenvalue weighted by molar-refractivity contribution is -0.101. The Morgan fingerprint density at radius 3 is 2.12 bits per heavy atom. The van der Waals surface area contributed by atoms with Gasteiger partial charge in [-0.2, -0.15) is 0 Å². The van der Waals surface area contributed by atoms with Gasteiger partial charge in [0.05, 0.1) is 18.8 Å². The zero-order valence-electron chi connectivity index (χ0n) is 26.7. The van der Waals surface area contributed by atoms with Gasteiger partial charge in [-0.05, 0) is 83.0 Å². The molecule has 1 aliphatic rings. The van der Waals surface area contributed by atoms with Crippen LogP contribution in [0.5, 0.6) is 0 Å². The lowest BCUT2D eigenvalue weighted by Gasteiger charge is -2.36. The van der Waals surface area contributed by atoms with E-state index in [1.54, 1.807) is 0 Å². The molecular formula is C34H52NO5Si. The van der Waals surface area contributed by atoms with Gasteiger partial charge in [-0.25, -0.2) is 4.79 Å². The molecule has 6 nitrogen and oxygen atoms in total. The van der Waals surface area contributed by atoms with E-state index >= 15 is 0 Å². The first kappa shape index (κ1) is 33.3. The molecule has 41 heavy (non-hydrogen) atoms. The fourth-order valence-corrected chi connectivity index (χ4v) is 7.90. The predicted octanol–water partition coefficient (Wildman–Crippen LogP) is 8.02. The summed E-state index contributed by atoms with van der Waals surface area (Å²) in [6.45, 7) is 19.9. The third-order valence-electron chi connectivity index (χ3n) is 6.98. The molecule has 1 radical (unpaired) electrons. The first-order valence-corrected chi connectivity index (χ1v) is 17.1. The Balaban J connectivity index is 1.84. The van der Waals surface area contributed by atoms with E-state index in [0.717, 1.165) is 24.4 Å². The molecule has 1 aliphatic heterocycles. The predicted molar refractivity (Wildman–Crippen MR) is 167 cm³/mol. The van der Waals surface area contributed by atoms with Crippen LogP contribution in [0.2, 0.25) is 12.6 Å². The summed E-state index contributed by atoms with van der Waals surface area (Å²) >= 11 is 0. The fraction of sp³-hybridized carbons (Fsp3) is 0.618. The Bertz CT molecular complexity index is 1060. The number of hydrogen-bond donors (Lipinski definition) is 0. The molecular weight excluding hydrogens is 530 g/mol. The van der Waals surface area contributed by atoms with Crippen molar-refractivity contribution in [2.45, 2.75) is 123 Å². The van der Waals surface area contributed by atoms with Crippen molar-refractivity contribution in [2.24, 2.45) is 5.41 Å². The van der Waals surface area contributed by atoms with Crippen LogP contribution in [-0.4, -0.2) is 56.2 Å². The molecule has 0 N–H and O–H groups in total. The third kappa shape index (κ3) is 10.9. The first-order valence-electron chi connectivity index (χ1n) is 15.0. The number of benzene rings is 2. The van der Waals surface area contributed by atoms with Crippen molar-refractivity contribution in [1.29, 1.82) is 0 Å². The molecule has 3 rings (SSSR count). The summed E-state index contributed by atoms with van der Waals surface area (Å²) in [5.74, 6) is 0. The van der Waals surface area contributed by atoms with Crippen molar-refractivity contribution in [3.63, 3.8) is 0 Å². The Morgan fingerprint density at radius 1 is 0.976 bits per heavy atom. The molecule has 1 saturated heterocycles. The highest BCUT2D eigenvalue weighted by Crippen LogP contribution is 2.39. The van der Waals surface area contributed by atoms with Gasteiger partial charge in [0.25, 0.3) is 0 Å². The lowest BCUT2D eigenvalue weighted by Crippen LogP contribution is -2.52. The zero-order valence-corrected chi connectivity index (χ0v) is 27.7. The number of nitrogens with zero attached hydrogens (tertiary/aromatic N) is 1. The Morgan fingerprint density at radius 2 is 1.56 bits per heavy atom. The van der Waals surface area contributed by atoms with E-state index in [1.807, 2.05) is 75.9 Å². The topological polar surface area (TPSA) is 57.2 Å². The molecule has 0 saturated carbocycles. The number of carbonyl (C=O) groups excluding carboxylic acids is 1. The molecule has 1 fully saturated rings. The molecule has 2 aromatic carbocycles. The van der Waals surface area contributed by atoms with Gasteiger partial charge in [-0.15, -0.1) is 0 Å². The summed E-state index contributed by atoms with van der Waals surface area (Å²) < 4.78 is 25.6. The van der Waals surface area contributed by atoms with Crippen molar-refractivity contribution in [3.8, 4) is 0 Å². The lowest BCUT2D eigenvalue weighted by atomic mass is 9.95. The van der Waals surface area contributed by atoms with E-state index in [0.29, 0.717) is 19.6 Å². The van der Waals surface area contributed by atoms with Gasteiger partial charge in [-0.1, -0.05) is 81.4 Å². The number of rotatable bonds is 12. The molecule has 1 unspecified atom stereocenters. The molecule has 0 spiro atoms. The van der Waals surface area contributed by atoms with E-state index in [9.17, 15) is 4.79 Å². The van der Waals surface area contributed by atoms with Gasteiger partial charge in [0.1, 0.15) is 17.4 Å². The summed E-state index contributed by atoms with van der Waals surface area (Å²) in [7, 11) is -1.12. The normalized spacial score (nSPS) is 19.9. The number of ether oxygens (including phenoxy) is 3. The molecule has 1 amide bonds. The molecule has 3 atom stereocenters. The number of carbonyl (C=O) groups is 1. The van der Waals surface area contributed by atoms with Crippen LogP contribution < -0.4 is 0 Å². The van der Waals surface area contributed by atoms with Crippen molar-refractivity contribution in [1.82, 2.24) is 4.90 Å². The summed E-state index contributed by atoms with van der Waals surface area (Å²) in [6, 6.07) is 21.3. The van der Waals surface area contributed by atoms with Crippen LogP contribution in [0.25, 0.3) is 0 Å². The van der Waals surface area contributed by atoms with Crippen molar-refractivity contribution < 1.29 is 23.4 Å². The maximum absolute atomic E-state index is 13.7. The average molecular weight is 583 g/mol. The van der Waals surface area contributed by atoms with Crippen LogP contribution in [0.15, 0.2) is 60.7 Å². The summed E-state index contributed by atoms with van der Waals surface area (Å²) in [5, 5.41) is 0. The first-order chi connectivity index (χ1) is 19.1. The maximum Gasteiger partial charge on any atom is 0.412 e. The minimum absolute atomic E-state index is 0.169. The zero-order chi connectivity index (χ0) is 30.3. The van der Waals surface area contributed by atoms with Crippen LogP contribution in [0.1, 0.15) is 79.4 Å². The molecule has 1 heterocycles. The van der Waals surface area contributed by atoms with Gasteiger partial charge in [0.2, 0.25) is 9.04 Å². The minimum atomic E-state index is -1.12. The molecule has 227 valence electrons. The van der Waals surface area contributed by atoms with E-state index in [2.05, 4.69) is 51.6 Å². The second-order valence-electron chi connectivity index (χ2n) is 13.9. The van der Waals surface area contributed by atoms with Gasteiger partial charge in [0, 0.05) is 6.61 Å².